The average Bonchev–Trinajstić information content (AvgIpc) is 1.84. The van der Waals surface area contributed by atoms with E-state index in [1.807, 2.05) is 0 Å². The summed E-state index contributed by atoms with van der Waals surface area (Å²) in [5.41, 5.74) is 0. The van der Waals surface area contributed by atoms with Gasteiger partial charge in [0.05, 0.1) is 0 Å². The van der Waals surface area contributed by atoms with E-state index < -0.39 is 8.56 Å². The van der Waals surface area contributed by atoms with Gasteiger partial charge in [-0.25, -0.2) is 0 Å². The van der Waals surface area contributed by atoms with Crippen LogP contribution in [0.2, 0.25) is 19.1 Å². The van der Waals surface area contributed by atoms with Crippen LogP contribution in [0.25, 0.3) is 0 Å². The lowest BCUT2D eigenvalue weighted by molar-refractivity contribution is 0.320. The van der Waals surface area contributed by atoms with Crippen molar-refractivity contribution in [3.63, 3.8) is 0 Å². The summed E-state index contributed by atoms with van der Waals surface area (Å²) in [5.74, 6) is 0. The minimum atomic E-state index is -1.64. The summed E-state index contributed by atoms with van der Waals surface area (Å²) in [5, 5.41) is 0. The quantitative estimate of drug-likeness (QED) is 0.574. The molecule has 0 rings (SSSR count). The Hall–Kier alpha value is 0.354. The Morgan fingerprint density at radius 3 is 2.33 bits per heavy atom. The van der Waals surface area contributed by atoms with Crippen LogP contribution in [-0.4, -0.2) is 25.4 Å². The monoisotopic (exact) mass is 164 g/mol. The summed E-state index contributed by atoms with van der Waals surface area (Å²) < 4.78 is 10.8. The predicted octanol–water partition coefficient (Wildman–Crippen LogP) is 0.873. The van der Waals surface area contributed by atoms with E-state index in [9.17, 15) is 0 Å². The molecule has 0 aromatic heterocycles. The van der Waals surface area contributed by atoms with Crippen molar-refractivity contribution in [3.05, 3.63) is 0 Å². The third-order valence-electron chi connectivity index (χ3n) is 1.15. The van der Waals surface area contributed by atoms with Gasteiger partial charge in [-0.05, 0) is 19.1 Å². The highest BCUT2D eigenvalue weighted by Crippen LogP contribution is 2.02. The Kier molecular flexibility index (Phi) is 4.38. The molecule has 0 spiro atoms. The highest BCUT2D eigenvalue weighted by atomic mass is 28.4. The zero-order chi connectivity index (χ0) is 7.33. The van der Waals surface area contributed by atoms with Crippen molar-refractivity contribution in [1.29, 1.82) is 0 Å². The molecule has 9 heavy (non-hydrogen) atoms. The zero-order valence-electron chi connectivity index (χ0n) is 6.73. The molecule has 0 saturated carbocycles. The first kappa shape index (κ1) is 9.35. The fraction of sp³-hybridized carbons (Fsp3) is 1.00. The summed E-state index contributed by atoms with van der Waals surface area (Å²) in [7, 11) is -0.161. The summed E-state index contributed by atoms with van der Waals surface area (Å²) in [4.78, 5) is 0. The van der Waals surface area contributed by atoms with Crippen molar-refractivity contribution in [1.82, 2.24) is 0 Å². The Balaban J connectivity index is 3.33. The molecule has 4 heteroatoms. The van der Waals surface area contributed by atoms with Gasteiger partial charge in [0.15, 0.2) is 0 Å². The van der Waals surface area contributed by atoms with Crippen LogP contribution in [0.15, 0.2) is 0 Å². The fourth-order valence-electron chi connectivity index (χ4n) is 0.407. The Labute approximate surface area is 60.8 Å². The predicted molar refractivity (Wildman–Crippen MR) is 44.6 cm³/mol. The van der Waals surface area contributed by atoms with Crippen molar-refractivity contribution in [3.8, 4) is 0 Å². The van der Waals surface area contributed by atoms with Gasteiger partial charge >= 0.3 is 8.56 Å². The fourth-order valence-corrected chi connectivity index (χ4v) is 3.66. The van der Waals surface area contributed by atoms with Crippen molar-refractivity contribution >= 4 is 18.3 Å². The summed E-state index contributed by atoms with van der Waals surface area (Å²) in [6.07, 6.45) is 0. The first-order valence-electron chi connectivity index (χ1n) is 3.31. The lowest BCUT2D eigenvalue weighted by Gasteiger charge is -2.19. The smallest absolute Gasteiger partial charge is 0.320 e. The molecule has 0 N–H and O–H groups in total. The van der Waals surface area contributed by atoms with Crippen molar-refractivity contribution in [2.45, 2.75) is 26.1 Å². The lowest BCUT2D eigenvalue weighted by Crippen LogP contribution is -2.34. The second-order valence-electron chi connectivity index (χ2n) is 2.45. The van der Waals surface area contributed by atoms with E-state index in [2.05, 4.69) is 20.0 Å². The third-order valence-corrected chi connectivity index (χ3v) is 6.13. The molecule has 0 bridgehead atoms. The van der Waals surface area contributed by atoms with Crippen LogP contribution < -0.4 is 0 Å². The Morgan fingerprint density at radius 1 is 1.44 bits per heavy atom. The lowest BCUT2D eigenvalue weighted by atomic mass is 11.0. The van der Waals surface area contributed by atoms with Gasteiger partial charge in [-0.15, -0.1) is 0 Å². The molecule has 56 valence electrons. The highest BCUT2D eigenvalue weighted by molar-refractivity contribution is 6.69. The Bertz CT molecular complexity index is 75.4. The van der Waals surface area contributed by atoms with Gasteiger partial charge < -0.3 is 8.54 Å². The maximum atomic E-state index is 5.58. The van der Waals surface area contributed by atoms with Gasteiger partial charge in [-0.1, -0.05) is 6.92 Å². The maximum absolute atomic E-state index is 5.58. The third kappa shape index (κ3) is 4.83. The van der Waals surface area contributed by atoms with E-state index in [0.29, 0.717) is 0 Å². The second kappa shape index (κ2) is 4.21. The van der Waals surface area contributed by atoms with Crippen LogP contribution in [0.3, 0.4) is 0 Å². The van der Waals surface area contributed by atoms with E-state index in [1.165, 1.54) is 6.04 Å². The number of hydrogen-bond donors (Lipinski definition) is 0. The van der Waals surface area contributed by atoms with Crippen LogP contribution in [0.1, 0.15) is 6.92 Å². The first-order valence-corrected chi connectivity index (χ1v) is 7.71. The van der Waals surface area contributed by atoms with Crippen molar-refractivity contribution in [2.75, 3.05) is 7.11 Å². The van der Waals surface area contributed by atoms with Crippen LogP contribution in [0.4, 0.5) is 0 Å². The summed E-state index contributed by atoms with van der Waals surface area (Å²) in [6, 6.07) is 1.21. The van der Waals surface area contributed by atoms with Gasteiger partial charge in [0.2, 0.25) is 0 Å². The van der Waals surface area contributed by atoms with E-state index in [0.717, 1.165) is 0 Å². The molecule has 0 aliphatic rings. The molecule has 0 saturated heterocycles. The molecule has 0 unspecified atom stereocenters. The Morgan fingerprint density at radius 2 is 2.00 bits per heavy atom. The molecule has 2 nitrogen and oxygen atoms in total. The topological polar surface area (TPSA) is 18.5 Å². The molecule has 0 atom stereocenters. The normalized spacial score (nSPS) is 13.3. The van der Waals surface area contributed by atoms with Crippen molar-refractivity contribution < 1.29 is 8.54 Å². The molecule has 0 aliphatic carbocycles. The van der Waals surface area contributed by atoms with Crippen LogP contribution in [0, 0.1) is 0 Å². The molecule has 0 amide bonds. The second-order valence-corrected chi connectivity index (χ2v) is 8.22. The van der Waals surface area contributed by atoms with Crippen LogP contribution in [-0.2, 0) is 8.54 Å². The molecule has 0 aliphatic heterocycles. The summed E-state index contributed by atoms with van der Waals surface area (Å²) in [6.45, 7) is 6.32. The van der Waals surface area contributed by atoms with Gasteiger partial charge in [0, 0.05) is 7.11 Å². The molecule has 0 radical (unpaired) electrons. The van der Waals surface area contributed by atoms with Crippen LogP contribution in [0.5, 0.6) is 0 Å². The number of hydrogen-bond acceptors (Lipinski definition) is 2. The van der Waals surface area contributed by atoms with Crippen LogP contribution >= 0.6 is 0 Å². The standard InChI is InChI=1S/C5H16O2Si2/c1-5-8-7-9(3,4)6-2/h5,8H2,1-4H3. The SMILES string of the molecule is CC[SiH2]O[Si](C)(C)OC. The first-order chi connectivity index (χ1) is 4.12. The summed E-state index contributed by atoms with van der Waals surface area (Å²) >= 11 is 0. The van der Waals surface area contributed by atoms with Crippen molar-refractivity contribution in [2.24, 2.45) is 0 Å². The highest BCUT2D eigenvalue weighted by Gasteiger charge is 2.20. The zero-order valence-corrected chi connectivity index (χ0v) is 9.14. The molecular weight excluding hydrogens is 148 g/mol. The molecule has 0 aromatic carbocycles. The van der Waals surface area contributed by atoms with E-state index in [-0.39, 0.29) is 9.76 Å². The van der Waals surface area contributed by atoms with Gasteiger partial charge in [0.25, 0.3) is 0 Å². The molecule has 0 aromatic rings. The number of rotatable bonds is 4. The minimum Gasteiger partial charge on any atom is -0.442 e. The van der Waals surface area contributed by atoms with E-state index >= 15 is 0 Å². The maximum Gasteiger partial charge on any atom is 0.320 e. The molecular formula is C5H16O2Si2. The molecule has 0 heterocycles. The van der Waals surface area contributed by atoms with Gasteiger partial charge in [-0.3, -0.25) is 0 Å². The van der Waals surface area contributed by atoms with E-state index in [1.54, 1.807) is 7.11 Å². The molecule has 0 fully saturated rings. The van der Waals surface area contributed by atoms with E-state index in [4.69, 9.17) is 8.54 Å². The minimum absolute atomic E-state index is 0.257. The average molecular weight is 164 g/mol. The van der Waals surface area contributed by atoms with Gasteiger partial charge in [0.1, 0.15) is 9.76 Å². The van der Waals surface area contributed by atoms with Gasteiger partial charge in [-0.2, -0.15) is 0 Å². The largest absolute Gasteiger partial charge is 0.442 e.